The van der Waals surface area contributed by atoms with Gasteiger partial charge in [-0.15, -0.1) is 0 Å². The van der Waals surface area contributed by atoms with Gasteiger partial charge in [0.15, 0.2) is 25.1 Å². The van der Waals surface area contributed by atoms with Crippen LogP contribution in [0.1, 0.15) is 32.4 Å². The summed E-state index contributed by atoms with van der Waals surface area (Å²) in [7, 11) is 0. The molecule has 0 bridgehead atoms. The summed E-state index contributed by atoms with van der Waals surface area (Å²) in [4.78, 5) is 0. The Balaban J connectivity index is 2.75. The molecule has 1 rings (SSSR count). The first kappa shape index (κ1) is 15.8. The maximum atomic E-state index is 9.57. The summed E-state index contributed by atoms with van der Waals surface area (Å²) in [5.41, 5.74) is 0.759. The summed E-state index contributed by atoms with van der Waals surface area (Å²) < 4.78 is 21.2. The Labute approximate surface area is 114 Å². The summed E-state index contributed by atoms with van der Waals surface area (Å²) in [5.74, 6) is 1.10. The van der Waals surface area contributed by atoms with Crippen molar-refractivity contribution in [1.82, 2.24) is 0 Å². The number of rotatable bonds is 9. The lowest BCUT2D eigenvalue weighted by Crippen LogP contribution is -2.07. The molecule has 5 nitrogen and oxygen atoms in total. The van der Waals surface area contributed by atoms with E-state index < -0.39 is 6.10 Å². The van der Waals surface area contributed by atoms with Gasteiger partial charge in [-0.2, -0.15) is 0 Å². The maximum absolute atomic E-state index is 9.57. The van der Waals surface area contributed by atoms with Crippen LogP contribution >= 0.6 is 0 Å². The molecule has 0 radical (unpaired) electrons. The minimum atomic E-state index is -0.560. The molecule has 0 aliphatic heterocycles. The number of benzene rings is 1. The molecular weight excluding hydrogens is 248 g/mol. The monoisotopic (exact) mass is 270 g/mol. The second kappa shape index (κ2) is 8.74. The van der Waals surface area contributed by atoms with Crippen molar-refractivity contribution in [3.8, 4) is 11.5 Å². The quantitative estimate of drug-likeness (QED) is 0.552. The van der Waals surface area contributed by atoms with Crippen LogP contribution in [-0.2, 0) is 9.47 Å². The van der Waals surface area contributed by atoms with Gasteiger partial charge in [0, 0.05) is 13.2 Å². The Morgan fingerprint density at radius 1 is 1.00 bits per heavy atom. The molecular formula is C14H22O5. The fraction of sp³-hybridized carbons (Fsp3) is 0.571. The zero-order valence-corrected chi connectivity index (χ0v) is 11.7. The largest absolute Gasteiger partial charge is 0.464 e. The second-order valence-electron chi connectivity index (χ2n) is 3.89. The molecule has 1 aromatic carbocycles. The van der Waals surface area contributed by atoms with Crippen LogP contribution in [0.4, 0.5) is 0 Å². The van der Waals surface area contributed by atoms with E-state index in [1.807, 2.05) is 13.8 Å². The van der Waals surface area contributed by atoms with E-state index in [1.165, 1.54) is 0 Å². The van der Waals surface area contributed by atoms with Crippen LogP contribution in [0.2, 0.25) is 0 Å². The van der Waals surface area contributed by atoms with Crippen LogP contribution in [0.5, 0.6) is 11.5 Å². The van der Waals surface area contributed by atoms with Gasteiger partial charge in [-0.1, -0.05) is 6.07 Å². The van der Waals surface area contributed by atoms with Gasteiger partial charge >= 0.3 is 0 Å². The van der Waals surface area contributed by atoms with Crippen molar-refractivity contribution in [1.29, 1.82) is 0 Å². The molecule has 0 saturated heterocycles. The zero-order chi connectivity index (χ0) is 14.1. The topological polar surface area (TPSA) is 57.2 Å². The molecule has 0 fully saturated rings. The van der Waals surface area contributed by atoms with E-state index >= 15 is 0 Å². The van der Waals surface area contributed by atoms with Crippen molar-refractivity contribution in [2.45, 2.75) is 26.9 Å². The lowest BCUT2D eigenvalue weighted by Gasteiger charge is -2.14. The highest BCUT2D eigenvalue weighted by atomic mass is 16.7. The molecule has 0 spiro atoms. The highest BCUT2D eigenvalue weighted by molar-refractivity contribution is 5.43. The zero-order valence-electron chi connectivity index (χ0n) is 11.7. The lowest BCUT2D eigenvalue weighted by atomic mass is 10.1. The third-order valence-corrected chi connectivity index (χ3v) is 2.45. The summed E-state index contributed by atoms with van der Waals surface area (Å²) in [6.07, 6.45) is -0.560. The van der Waals surface area contributed by atoms with Crippen LogP contribution in [0.15, 0.2) is 18.2 Å². The minimum absolute atomic E-state index is 0.144. The predicted octanol–water partition coefficient (Wildman–Crippen LogP) is 2.49. The van der Waals surface area contributed by atoms with E-state index in [0.717, 1.165) is 5.56 Å². The van der Waals surface area contributed by atoms with E-state index in [0.29, 0.717) is 24.7 Å². The number of aliphatic hydroxyl groups is 1. The predicted molar refractivity (Wildman–Crippen MR) is 71.3 cm³/mol. The molecule has 0 aliphatic rings. The molecule has 5 heteroatoms. The summed E-state index contributed by atoms with van der Waals surface area (Å²) in [6.45, 7) is 6.95. The van der Waals surface area contributed by atoms with Gasteiger partial charge in [-0.3, -0.25) is 0 Å². The van der Waals surface area contributed by atoms with Crippen LogP contribution < -0.4 is 9.47 Å². The third-order valence-electron chi connectivity index (χ3n) is 2.45. The Hall–Kier alpha value is -1.30. The fourth-order valence-corrected chi connectivity index (χ4v) is 1.39. The summed E-state index contributed by atoms with van der Waals surface area (Å²) in [5, 5.41) is 9.57. The summed E-state index contributed by atoms with van der Waals surface area (Å²) >= 11 is 0. The van der Waals surface area contributed by atoms with Crippen LogP contribution in [0.3, 0.4) is 0 Å². The fourth-order valence-electron chi connectivity index (χ4n) is 1.39. The molecule has 0 saturated carbocycles. The van der Waals surface area contributed by atoms with Crippen molar-refractivity contribution in [3.05, 3.63) is 23.8 Å². The van der Waals surface area contributed by atoms with Gasteiger partial charge in [0.1, 0.15) is 0 Å². The number of aliphatic hydroxyl groups excluding tert-OH is 1. The van der Waals surface area contributed by atoms with E-state index in [-0.39, 0.29) is 13.6 Å². The third kappa shape index (κ3) is 5.46. The molecule has 0 heterocycles. The van der Waals surface area contributed by atoms with Crippen molar-refractivity contribution in [2.24, 2.45) is 0 Å². The smallest absolute Gasteiger partial charge is 0.189 e. The molecule has 1 atom stereocenters. The van der Waals surface area contributed by atoms with Crippen molar-refractivity contribution < 1.29 is 24.1 Å². The highest BCUT2D eigenvalue weighted by Gasteiger charge is 2.09. The first-order valence-corrected chi connectivity index (χ1v) is 6.42. The van der Waals surface area contributed by atoms with Crippen LogP contribution in [0, 0.1) is 0 Å². The Bertz CT molecular complexity index is 365. The average Bonchev–Trinajstić information content (AvgIpc) is 2.40. The van der Waals surface area contributed by atoms with E-state index in [2.05, 4.69) is 0 Å². The van der Waals surface area contributed by atoms with Gasteiger partial charge in [-0.25, -0.2) is 0 Å². The van der Waals surface area contributed by atoms with Gasteiger partial charge in [0.25, 0.3) is 0 Å². The SMILES string of the molecule is CCOCOc1ccc(C(C)O)cc1OCOCC. The minimum Gasteiger partial charge on any atom is -0.464 e. The van der Waals surface area contributed by atoms with Crippen molar-refractivity contribution >= 4 is 0 Å². The molecule has 0 amide bonds. The Morgan fingerprint density at radius 2 is 1.58 bits per heavy atom. The molecule has 108 valence electrons. The average molecular weight is 270 g/mol. The normalized spacial score (nSPS) is 12.2. The molecule has 1 N–H and O–H groups in total. The van der Waals surface area contributed by atoms with Crippen molar-refractivity contribution in [3.63, 3.8) is 0 Å². The Kier molecular flexibility index (Phi) is 7.25. The van der Waals surface area contributed by atoms with Crippen LogP contribution in [0.25, 0.3) is 0 Å². The first-order chi connectivity index (χ1) is 9.19. The van der Waals surface area contributed by atoms with Gasteiger partial charge in [-0.05, 0) is 38.5 Å². The molecule has 19 heavy (non-hydrogen) atoms. The second-order valence-corrected chi connectivity index (χ2v) is 3.89. The van der Waals surface area contributed by atoms with Gasteiger partial charge < -0.3 is 24.1 Å². The standard InChI is InChI=1S/C14H22O5/c1-4-16-9-18-13-7-6-12(11(3)15)8-14(13)19-10-17-5-2/h6-8,11,15H,4-5,9-10H2,1-3H3. The van der Waals surface area contributed by atoms with E-state index in [4.69, 9.17) is 18.9 Å². The molecule has 0 aromatic heterocycles. The number of ether oxygens (including phenoxy) is 4. The molecule has 0 aliphatic carbocycles. The first-order valence-electron chi connectivity index (χ1n) is 6.42. The Morgan fingerprint density at radius 3 is 2.11 bits per heavy atom. The van der Waals surface area contributed by atoms with Gasteiger partial charge in [0.2, 0.25) is 0 Å². The van der Waals surface area contributed by atoms with Crippen LogP contribution in [-0.4, -0.2) is 31.9 Å². The van der Waals surface area contributed by atoms with Gasteiger partial charge in [0.05, 0.1) is 6.10 Å². The van der Waals surface area contributed by atoms with Crippen molar-refractivity contribution in [2.75, 3.05) is 26.8 Å². The maximum Gasteiger partial charge on any atom is 0.189 e. The number of hydrogen-bond acceptors (Lipinski definition) is 5. The molecule has 1 unspecified atom stereocenters. The highest BCUT2D eigenvalue weighted by Crippen LogP contribution is 2.30. The number of hydrogen-bond donors (Lipinski definition) is 1. The van der Waals surface area contributed by atoms with E-state index in [9.17, 15) is 5.11 Å². The lowest BCUT2D eigenvalue weighted by molar-refractivity contribution is 0.00590. The van der Waals surface area contributed by atoms with E-state index in [1.54, 1.807) is 25.1 Å². The summed E-state index contributed by atoms with van der Waals surface area (Å²) in [6, 6.07) is 5.28. The molecule has 1 aromatic rings.